The van der Waals surface area contributed by atoms with Crippen LogP contribution in [0.2, 0.25) is 4.34 Å². The van der Waals surface area contributed by atoms with E-state index in [0.29, 0.717) is 16.3 Å². The van der Waals surface area contributed by atoms with Crippen molar-refractivity contribution in [3.05, 3.63) is 57.2 Å². The minimum atomic E-state index is -0.800. The van der Waals surface area contributed by atoms with E-state index in [1.807, 2.05) is 12.1 Å². The highest BCUT2D eigenvalue weighted by Crippen LogP contribution is 2.22. The summed E-state index contributed by atoms with van der Waals surface area (Å²) in [5, 5.41) is 2.67. The molecule has 0 bridgehead atoms. The number of benzene rings is 1. The zero-order valence-corrected chi connectivity index (χ0v) is 12.8. The summed E-state index contributed by atoms with van der Waals surface area (Å²) in [6.07, 6.45) is 0.872. The van der Waals surface area contributed by atoms with Crippen LogP contribution < -0.4 is 11.1 Å². The number of hydrogen-bond acceptors (Lipinski definition) is 3. The molecule has 0 spiro atoms. The maximum Gasteiger partial charge on any atom is 0.244 e. The molecule has 110 valence electrons. The monoisotopic (exact) mass is 322 g/mol. The molecule has 2 rings (SSSR count). The minimum Gasteiger partial charge on any atom is -0.368 e. The molecule has 3 N–H and O–H groups in total. The zero-order valence-electron chi connectivity index (χ0n) is 11.2. The molecule has 21 heavy (non-hydrogen) atoms. The topological polar surface area (TPSA) is 72.2 Å². The van der Waals surface area contributed by atoms with Crippen LogP contribution in [-0.4, -0.2) is 11.8 Å². The minimum absolute atomic E-state index is 0.216. The summed E-state index contributed by atoms with van der Waals surface area (Å²) in [4.78, 5) is 24.5. The van der Waals surface area contributed by atoms with Crippen LogP contribution in [0.3, 0.4) is 0 Å². The third kappa shape index (κ3) is 4.58. The van der Waals surface area contributed by atoms with Crippen LogP contribution >= 0.6 is 22.9 Å². The highest BCUT2D eigenvalue weighted by molar-refractivity contribution is 7.16. The number of primary amides is 1. The number of amides is 2. The van der Waals surface area contributed by atoms with Crippen LogP contribution in [0.15, 0.2) is 42.5 Å². The van der Waals surface area contributed by atoms with E-state index in [1.165, 1.54) is 11.3 Å². The van der Waals surface area contributed by atoms with Gasteiger partial charge in [-0.05, 0) is 24.1 Å². The normalized spacial score (nSPS) is 11.9. The van der Waals surface area contributed by atoms with Gasteiger partial charge in [-0.15, -0.1) is 11.3 Å². The number of nitrogens with two attached hydrogens (primary N) is 1. The van der Waals surface area contributed by atoms with Crippen molar-refractivity contribution in [2.24, 2.45) is 5.73 Å². The highest BCUT2D eigenvalue weighted by atomic mass is 35.5. The second-order valence-electron chi connectivity index (χ2n) is 4.52. The molecule has 4 nitrogen and oxygen atoms in total. The van der Waals surface area contributed by atoms with E-state index < -0.39 is 11.9 Å². The maximum atomic E-state index is 12.0. The van der Waals surface area contributed by atoms with Crippen molar-refractivity contribution in [1.29, 1.82) is 0 Å². The van der Waals surface area contributed by atoms with Crippen molar-refractivity contribution >= 4 is 34.8 Å². The zero-order chi connectivity index (χ0) is 15.2. The average Bonchev–Trinajstić information content (AvgIpc) is 2.89. The molecule has 0 saturated carbocycles. The average molecular weight is 323 g/mol. The molecular weight excluding hydrogens is 308 g/mol. The van der Waals surface area contributed by atoms with Gasteiger partial charge in [-0.1, -0.05) is 41.9 Å². The van der Waals surface area contributed by atoms with Gasteiger partial charge in [-0.2, -0.15) is 0 Å². The molecule has 2 amide bonds. The summed E-state index contributed by atoms with van der Waals surface area (Å²) in [6, 6.07) is 11.8. The SMILES string of the molecule is NC(=O)[C@H](NC(=O)CCc1ccc(Cl)s1)c1ccccc1. The maximum absolute atomic E-state index is 12.0. The number of hydrogen-bond donors (Lipinski definition) is 2. The van der Waals surface area contributed by atoms with Crippen molar-refractivity contribution in [1.82, 2.24) is 5.32 Å². The van der Waals surface area contributed by atoms with Crippen molar-refractivity contribution in [3.8, 4) is 0 Å². The Bertz CT molecular complexity index is 628. The van der Waals surface area contributed by atoms with Gasteiger partial charge < -0.3 is 11.1 Å². The molecule has 0 aliphatic heterocycles. The van der Waals surface area contributed by atoms with E-state index in [2.05, 4.69) is 5.32 Å². The van der Waals surface area contributed by atoms with E-state index in [0.717, 1.165) is 4.88 Å². The molecule has 0 aliphatic carbocycles. The molecule has 6 heteroatoms. The van der Waals surface area contributed by atoms with Crippen LogP contribution in [0, 0.1) is 0 Å². The standard InChI is InChI=1S/C15H15ClN2O2S/c16-12-8-6-11(21-12)7-9-13(19)18-14(15(17)20)10-4-2-1-3-5-10/h1-6,8,14H,7,9H2,(H2,17,20)(H,18,19)/t14-/m1/s1. The Kier molecular flexibility index (Phi) is 5.36. The predicted molar refractivity (Wildman–Crippen MR) is 84.2 cm³/mol. The molecule has 0 unspecified atom stereocenters. The van der Waals surface area contributed by atoms with Gasteiger partial charge in [0.1, 0.15) is 6.04 Å². The third-order valence-corrected chi connectivity index (χ3v) is 4.24. The van der Waals surface area contributed by atoms with Crippen LogP contribution in [0.25, 0.3) is 0 Å². The van der Waals surface area contributed by atoms with Gasteiger partial charge in [-0.3, -0.25) is 9.59 Å². The van der Waals surface area contributed by atoms with Crippen molar-refractivity contribution in [2.45, 2.75) is 18.9 Å². The fraction of sp³-hybridized carbons (Fsp3) is 0.200. The molecule has 2 aromatic rings. The van der Waals surface area contributed by atoms with Crippen molar-refractivity contribution in [2.75, 3.05) is 0 Å². The molecule has 0 fully saturated rings. The number of nitrogens with one attached hydrogen (secondary N) is 1. The predicted octanol–water partition coefficient (Wildman–Crippen LogP) is 2.68. The smallest absolute Gasteiger partial charge is 0.244 e. The van der Waals surface area contributed by atoms with Crippen molar-refractivity contribution in [3.63, 3.8) is 0 Å². The van der Waals surface area contributed by atoms with E-state index in [-0.39, 0.29) is 12.3 Å². The van der Waals surface area contributed by atoms with Crippen LogP contribution in [-0.2, 0) is 16.0 Å². The quantitative estimate of drug-likeness (QED) is 0.858. The Morgan fingerprint density at radius 3 is 2.48 bits per heavy atom. The molecule has 0 radical (unpaired) electrons. The molecule has 0 aliphatic rings. The first-order chi connectivity index (χ1) is 10.1. The van der Waals surface area contributed by atoms with E-state index in [9.17, 15) is 9.59 Å². The summed E-state index contributed by atoms with van der Waals surface area (Å²) in [5.41, 5.74) is 6.04. The number of rotatable bonds is 6. The second-order valence-corrected chi connectivity index (χ2v) is 6.32. The lowest BCUT2D eigenvalue weighted by atomic mass is 10.1. The third-order valence-electron chi connectivity index (χ3n) is 2.95. The number of carbonyl (C=O) groups is 2. The largest absolute Gasteiger partial charge is 0.368 e. The lowest BCUT2D eigenvalue weighted by molar-refractivity contribution is -0.127. The summed E-state index contributed by atoms with van der Waals surface area (Å²) in [6.45, 7) is 0. The first-order valence-electron chi connectivity index (χ1n) is 6.44. The number of thiophene rings is 1. The van der Waals surface area contributed by atoms with Gasteiger partial charge >= 0.3 is 0 Å². The van der Waals surface area contributed by atoms with E-state index in [4.69, 9.17) is 17.3 Å². The molecule has 1 heterocycles. The van der Waals surface area contributed by atoms with Gasteiger partial charge in [0, 0.05) is 11.3 Å². The molecule has 1 atom stereocenters. The fourth-order valence-corrected chi connectivity index (χ4v) is 3.01. The van der Waals surface area contributed by atoms with Crippen LogP contribution in [0.1, 0.15) is 22.9 Å². The molecule has 0 saturated heterocycles. The van der Waals surface area contributed by atoms with Crippen LogP contribution in [0.5, 0.6) is 0 Å². The van der Waals surface area contributed by atoms with Gasteiger partial charge in [-0.25, -0.2) is 0 Å². The van der Waals surface area contributed by atoms with E-state index in [1.54, 1.807) is 30.3 Å². The summed E-state index contributed by atoms with van der Waals surface area (Å²) in [7, 11) is 0. The molecule has 1 aromatic heterocycles. The van der Waals surface area contributed by atoms with Gasteiger partial charge in [0.05, 0.1) is 4.34 Å². The summed E-state index contributed by atoms with van der Waals surface area (Å²) >= 11 is 7.28. The molecular formula is C15H15ClN2O2S. The number of halogens is 1. The van der Waals surface area contributed by atoms with Crippen molar-refractivity contribution < 1.29 is 9.59 Å². The van der Waals surface area contributed by atoms with Gasteiger partial charge in [0.25, 0.3) is 0 Å². The van der Waals surface area contributed by atoms with E-state index >= 15 is 0 Å². The van der Waals surface area contributed by atoms with Gasteiger partial charge in [0.2, 0.25) is 11.8 Å². The fourth-order valence-electron chi connectivity index (χ4n) is 1.92. The number of aryl methyl sites for hydroxylation is 1. The first kappa shape index (κ1) is 15.5. The lowest BCUT2D eigenvalue weighted by Crippen LogP contribution is -2.37. The second kappa shape index (κ2) is 7.24. The number of carbonyl (C=O) groups excluding carboxylic acids is 2. The Hall–Kier alpha value is -1.85. The Balaban J connectivity index is 1.94. The summed E-state index contributed by atoms with van der Waals surface area (Å²) in [5.74, 6) is -0.791. The molecule has 1 aromatic carbocycles. The Labute approximate surface area is 131 Å². The van der Waals surface area contributed by atoms with Gasteiger partial charge in [0.15, 0.2) is 0 Å². The Morgan fingerprint density at radius 2 is 1.90 bits per heavy atom. The van der Waals surface area contributed by atoms with Crippen LogP contribution in [0.4, 0.5) is 0 Å². The first-order valence-corrected chi connectivity index (χ1v) is 7.63. The lowest BCUT2D eigenvalue weighted by Gasteiger charge is -2.15. The Morgan fingerprint density at radius 1 is 1.19 bits per heavy atom. The highest BCUT2D eigenvalue weighted by Gasteiger charge is 2.19. The summed E-state index contributed by atoms with van der Waals surface area (Å²) < 4.78 is 0.699.